The molecule has 1 aromatic heterocycles. The second-order valence-electron chi connectivity index (χ2n) is 9.64. The van der Waals surface area contributed by atoms with Crippen LogP contribution in [0.5, 0.6) is 5.75 Å². The number of likely N-dealkylation sites (N-methyl/N-ethyl adjacent to an activating group) is 1. The maximum absolute atomic E-state index is 13.5. The summed E-state index contributed by atoms with van der Waals surface area (Å²) in [7, 11) is 2.04. The minimum atomic E-state index is -0.355. The number of carbonyl (C=O) groups is 2. The number of rotatable bonds is 8. The molecule has 2 heterocycles. The number of aliphatic hydroxyl groups excluding tert-OH is 1. The van der Waals surface area contributed by atoms with Gasteiger partial charge in [-0.15, -0.1) is 0 Å². The van der Waals surface area contributed by atoms with E-state index >= 15 is 0 Å². The van der Waals surface area contributed by atoms with E-state index in [0.29, 0.717) is 30.1 Å². The van der Waals surface area contributed by atoms with E-state index in [1.54, 1.807) is 35.5 Å². The van der Waals surface area contributed by atoms with E-state index in [1.807, 2.05) is 40.0 Å². The summed E-state index contributed by atoms with van der Waals surface area (Å²) in [6.45, 7) is 9.33. The van der Waals surface area contributed by atoms with Gasteiger partial charge in [0.15, 0.2) is 0 Å². The molecule has 0 saturated carbocycles. The van der Waals surface area contributed by atoms with E-state index < -0.39 is 0 Å². The number of aliphatic hydroxyl groups is 1. The van der Waals surface area contributed by atoms with Gasteiger partial charge in [0.05, 0.1) is 18.2 Å². The van der Waals surface area contributed by atoms with Crippen molar-refractivity contribution in [2.75, 3.05) is 32.1 Å². The van der Waals surface area contributed by atoms with Crippen molar-refractivity contribution in [3.8, 4) is 5.75 Å². The Kier molecular flexibility index (Phi) is 9.06. The van der Waals surface area contributed by atoms with Crippen molar-refractivity contribution >= 4 is 17.6 Å². The molecule has 3 rings (SSSR count). The number of amides is 3. The van der Waals surface area contributed by atoms with E-state index in [1.165, 1.54) is 0 Å². The smallest absolute Gasteiger partial charge is 0.319 e. The quantitative estimate of drug-likeness (QED) is 0.533. The van der Waals surface area contributed by atoms with Crippen molar-refractivity contribution in [3.05, 3.63) is 53.9 Å². The SMILES string of the molecule is CC(C)NC(=O)Nc1ccc2c(c1)C(=O)N([C@H](C)CO)C[C@H](C)[C@@H](CN(C)Cc1ccncc1)O2. The monoisotopic (exact) mass is 483 g/mol. The minimum absolute atomic E-state index is 0.0171. The van der Waals surface area contributed by atoms with Crippen LogP contribution in [0, 0.1) is 5.92 Å². The normalized spacial score (nSPS) is 19.0. The van der Waals surface area contributed by atoms with Crippen molar-refractivity contribution in [2.45, 2.75) is 52.4 Å². The third-order valence-electron chi connectivity index (χ3n) is 6.04. The Balaban J connectivity index is 1.87. The Morgan fingerprint density at radius 3 is 2.63 bits per heavy atom. The molecule has 35 heavy (non-hydrogen) atoms. The number of nitrogens with one attached hydrogen (secondary N) is 2. The molecule has 0 unspecified atom stereocenters. The van der Waals surface area contributed by atoms with E-state index in [4.69, 9.17) is 4.74 Å². The molecule has 3 N–H and O–H groups in total. The first-order chi connectivity index (χ1) is 16.7. The molecule has 3 amide bonds. The average Bonchev–Trinajstić information content (AvgIpc) is 2.81. The number of anilines is 1. The second kappa shape index (κ2) is 12.0. The number of fused-ring (bicyclic) bond motifs is 1. The lowest BCUT2D eigenvalue weighted by Gasteiger charge is -2.38. The van der Waals surface area contributed by atoms with Crippen LogP contribution >= 0.6 is 0 Å². The zero-order valence-electron chi connectivity index (χ0n) is 21.2. The van der Waals surface area contributed by atoms with Crippen molar-refractivity contribution < 1.29 is 19.4 Å². The van der Waals surface area contributed by atoms with Crippen LogP contribution < -0.4 is 15.4 Å². The Hall–Kier alpha value is -3.17. The Bertz CT molecular complexity index is 1000. The van der Waals surface area contributed by atoms with Crippen LogP contribution in [0.15, 0.2) is 42.7 Å². The Morgan fingerprint density at radius 2 is 1.97 bits per heavy atom. The van der Waals surface area contributed by atoms with Crippen molar-refractivity contribution in [1.29, 1.82) is 0 Å². The topological polar surface area (TPSA) is 107 Å². The molecule has 3 atom stereocenters. The van der Waals surface area contributed by atoms with E-state index in [-0.39, 0.29) is 42.7 Å². The molecule has 0 aliphatic carbocycles. The van der Waals surface area contributed by atoms with Gasteiger partial charge in [0, 0.05) is 49.7 Å². The van der Waals surface area contributed by atoms with Crippen LogP contribution in [0.4, 0.5) is 10.5 Å². The molecule has 1 aliphatic rings. The molecule has 1 aromatic carbocycles. The van der Waals surface area contributed by atoms with Crippen LogP contribution in [0.2, 0.25) is 0 Å². The van der Waals surface area contributed by atoms with Gasteiger partial charge >= 0.3 is 6.03 Å². The summed E-state index contributed by atoms with van der Waals surface area (Å²) in [6, 6.07) is 8.36. The van der Waals surface area contributed by atoms with Gasteiger partial charge in [-0.05, 0) is 63.7 Å². The maximum Gasteiger partial charge on any atom is 0.319 e. The predicted molar refractivity (Wildman–Crippen MR) is 135 cm³/mol. The van der Waals surface area contributed by atoms with Crippen LogP contribution in [-0.4, -0.2) is 76.8 Å². The zero-order valence-corrected chi connectivity index (χ0v) is 21.2. The molecule has 9 heteroatoms. The first-order valence-electron chi connectivity index (χ1n) is 12.1. The summed E-state index contributed by atoms with van der Waals surface area (Å²) in [5.41, 5.74) is 2.01. The molecule has 0 saturated heterocycles. The van der Waals surface area contributed by atoms with Crippen molar-refractivity contribution in [2.24, 2.45) is 5.92 Å². The van der Waals surface area contributed by atoms with Crippen molar-refractivity contribution in [3.63, 3.8) is 0 Å². The second-order valence-corrected chi connectivity index (χ2v) is 9.64. The van der Waals surface area contributed by atoms with Gasteiger partial charge in [-0.2, -0.15) is 0 Å². The molecular weight excluding hydrogens is 446 g/mol. The number of benzene rings is 1. The fourth-order valence-corrected chi connectivity index (χ4v) is 4.12. The summed E-state index contributed by atoms with van der Waals surface area (Å²) < 4.78 is 6.42. The van der Waals surface area contributed by atoms with Crippen molar-refractivity contribution in [1.82, 2.24) is 20.1 Å². The number of aromatic nitrogens is 1. The number of hydrogen-bond donors (Lipinski definition) is 3. The summed E-state index contributed by atoms with van der Waals surface area (Å²) in [5, 5.41) is 15.4. The summed E-state index contributed by atoms with van der Waals surface area (Å²) in [5.74, 6) is 0.259. The fraction of sp³-hybridized carbons (Fsp3) is 0.500. The average molecular weight is 484 g/mol. The van der Waals surface area contributed by atoms with Gasteiger partial charge < -0.3 is 25.4 Å². The van der Waals surface area contributed by atoms with E-state index in [9.17, 15) is 14.7 Å². The van der Waals surface area contributed by atoms with Gasteiger partial charge in [-0.1, -0.05) is 6.92 Å². The Labute approximate surface area is 207 Å². The summed E-state index contributed by atoms with van der Waals surface area (Å²) in [4.78, 5) is 33.7. The van der Waals surface area contributed by atoms with Gasteiger partial charge in [0.25, 0.3) is 5.91 Å². The highest BCUT2D eigenvalue weighted by Crippen LogP contribution is 2.30. The van der Waals surface area contributed by atoms with E-state index in [0.717, 1.165) is 12.1 Å². The standard InChI is InChI=1S/C26H37N5O4/c1-17(2)28-26(34)29-21-6-7-23-22(12-21)25(33)31(19(4)16-32)13-18(3)24(35-23)15-30(5)14-20-8-10-27-11-9-20/h6-12,17-19,24,32H,13-16H2,1-5H3,(H2,28,29,34)/t18-,19+,24+/m0/s1. The first kappa shape index (κ1) is 26.4. The third-order valence-corrected chi connectivity index (χ3v) is 6.04. The lowest BCUT2D eigenvalue weighted by Crippen LogP contribution is -2.49. The van der Waals surface area contributed by atoms with Crippen LogP contribution in [-0.2, 0) is 6.54 Å². The van der Waals surface area contributed by atoms with Crippen LogP contribution in [0.3, 0.4) is 0 Å². The molecule has 2 aromatic rings. The van der Waals surface area contributed by atoms with Gasteiger partial charge in [-0.3, -0.25) is 14.7 Å². The zero-order chi connectivity index (χ0) is 25.5. The molecule has 9 nitrogen and oxygen atoms in total. The highest BCUT2D eigenvalue weighted by molar-refractivity contribution is 5.99. The molecular formula is C26H37N5O4. The largest absolute Gasteiger partial charge is 0.488 e. The number of carbonyl (C=O) groups excluding carboxylic acids is 2. The van der Waals surface area contributed by atoms with Crippen LogP contribution in [0.1, 0.15) is 43.6 Å². The maximum atomic E-state index is 13.5. The Morgan fingerprint density at radius 1 is 1.26 bits per heavy atom. The highest BCUT2D eigenvalue weighted by Gasteiger charge is 2.33. The number of pyridine rings is 1. The summed E-state index contributed by atoms with van der Waals surface area (Å²) in [6.07, 6.45) is 3.37. The lowest BCUT2D eigenvalue weighted by atomic mass is 9.99. The third kappa shape index (κ3) is 7.16. The lowest BCUT2D eigenvalue weighted by molar-refractivity contribution is 0.0341. The van der Waals surface area contributed by atoms with Gasteiger partial charge in [0.1, 0.15) is 11.9 Å². The minimum Gasteiger partial charge on any atom is -0.488 e. The number of hydrogen-bond acceptors (Lipinski definition) is 6. The first-order valence-corrected chi connectivity index (χ1v) is 12.1. The molecule has 0 fully saturated rings. The molecule has 190 valence electrons. The molecule has 0 bridgehead atoms. The predicted octanol–water partition coefficient (Wildman–Crippen LogP) is 2.96. The molecule has 0 radical (unpaired) electrons. The number of nitrogens with zero attached hydrogens (tertiary/aromatic N) is 3. The number of urea groups is 1. The van der Waals surface area contributed by atoms with Gasteiger partial charge in [0.2, 0.25) is 0 Å². The fourth-order valence-electron chi connectivity index (χ4n) is 4.12. The summed E-state index contributed by atoms with van der Waals surface area (Å²) >= 11 is 0. The highest BCUT2D eigenvalue weighted by atomic mass is 16.5. The molecule has 0 spiro atoms. The number of ether oxygens (including phenoxy) is 1. The van der Waals surface area contributed by atoms with Gasteiger partial charge in [-0.25, -0.2) is 4.79 Å². The molecule has 1 aliphatic heterocycles. The van der Waals surface area contributed by atoms with E-state index in [2.05, 4.69) is 27.4 Å². The van der Waals surface area contributed by atoms with Crippen LogP contribution in [0.25, 0.3) is 0 Å².